The molecule has 5 rings (SSSR count). The maximum absolute atomic E-state index is 5.99. The molecule has 0 spiro atoms. The van der Waals surface area contributed by atoms with E-state index in [2.05, 4.69) is 24.3 Å². The van der Waals surface area contributed by atoms with Gasteiger partial charge in [0.2, 0.25) is 0 Å². The molecule has 1 aliphatic carbocycles. The molecule has 0 saturated heterocycles. The van der Waals surface area contributed by atoms with E-state index in [0.717, 1.165) is 24.6 Å². The van der Waals surface area contributed by atoms with Gasteiger partial charge in [-0.1, -0.05) is 60.7 Å². The van der Waals surface area contributed by atoms with Gasteiger partial charge < -0.3 is 9.47 Å². The highest BCUT2D eigenvalue weighted by Crippen LogP contribution is 2.52. The minimum atomic E-state index is -0.215. The van der Waals surface area contributed by atoms with E-state index in [1.807, 2.05) is 36.4 Å². The van der Waals surface area contributed by atoms with E-state index >= 15 is 0 Å². The molecule has 0 aromatic heterocycles. The average molecular weight is 332 g/mol. The van der Waals surface area contributed by atoms with Gasteiger partial charge in [0.25, 0.3) is 0 Å². The normalized spacial score (nSPS) is 26.4. The Bertz CT molecular complexity index is 758. The maximum atomic E-state index is 5.99. The molecule has 0 radical (unpaired) electrons. The summed E-state index contributed by atoms with van der Waals surface area (Å²) in [5.41, 5.74) is 2.18. The Morgan fingerprint density at radius 2 is 1.12 bits per heavy atom. The molecule has 3 aliphatic rings. The summed E-state index contributed by atoms with van der Waals surface area (Å²) in [6.07, 6.45) is 2.02. The van der Waals surface area contributed by atoms with Gasteiger partial charge in [-0.05, 0) is 24.0 Å². The molecule has 4 heteroatoms. The van der Waals surface area contributed by atoms with Crippen LogP contribution in [0.4, 0.5) is 0 Å². The number of ether oxygens (including phenoxy) is 2. The van der Waals surface area contributed by atoms with Crippen LogP contribution in [0.3, 0.4) is 0 Å². The van der Waals surface area contributed by atoms with Crippen LogP contribution in [0.15, 0.2) is 70.6 Å². The van der Waals surface area contributed by atoms with Crippen LogP contribution in [0.2, 0.25) is 0 Å². The molecule has 1 fully saturated rings. The van der Waals surface area contributed by atoms with Crippen LogP contribution in [-0.2, 0) is 9.47 Å². The molecular weight excluding hydrogens is 312 g/mol. The predicted octanol–water partition coefficient (Wildman–Crippen LogP) is 4.11. The van der Waals surface area contributed by atoms with Crippen molar-refractivity contribution in [3.8, 4) is 0 Å². The highest BCUT2D eigenvalue weighted by atomic mass is 16.5. The minimum Gasteiger partial charge on any atom is -0.478 e. The Balaban J connectivity index is 1.39. The van der Waals surface area contributed by atoms with Gasteiger partial charge in [-0.2, -0.15) is 0 Å². The predicted molar refractivity (Wildman–Crippen MR) is 96.8 cm³/mol. The molecule has 4 nitrogen and oxygen atoms in total. The molecule has 2 atom stereocenters. The lowest BCUT2D eigenvalue weighted by molar-refractivity contribution is 0.280. The summed E-state index contributed by atoms with van der Waals surface area (Å²) in [6.45, 7) is 1.22. The van der Waals surface area contributed by atoms with Crippen molar-refractivity contribution in [1.29, 1.82) is 0 Å². The number of hydrogen-bond donors (Lipinski definition) is 0. The first kappa shape index (κ1) is 14.7. The molecule has 0 bridgehead atoms. The monoisotopic (exact) mass is 332 g/mol. The maximum Gasteiger partial charge on any atom is 0.200 e. The summed E-state index contributed by atoms with van der Waals surface area (Å²) < 4.78 is 12.0. The van der Waals surface area contributed by atoms with E-state index in [1.54, 1.807) is 0 Å². The first-order valence-electron chi connectivity index (χ1n) is 8.87. The highest BCUT2D eigenvalue weighted by Gasteiger charge is 2.58. The topological polar surface area (TPSA) is 43.2 Å². The number of aliphatic imine (C=N–C) groups is 2. The van der Waals surface area contributed by atoms with Gasteiger partial charge in [-0.15, -0.1) is 0 Å². The Morgan fingerprint density at radius 1 is 0.680 bits per heavy atom. The summed E-state index contributed by atoms with van der Waals surface area (Å²) in [5, 5.41) is 0. The SMILES string of the molecule is c1ccc([C@@H]2COC(C3(C4=N[C@H](c5ccccc5)CO4)CC3)=N2)cc1. The third kappa shape index (κ3) is 2.53. The molecule has 126 valence electrons. The lowest BCUT2D eigenvalue weighted by Crippen LogP contribution is -2.26. The number of rotatable bonds is 4. The van der Waals surface area contributed by atoms with Gasteiger partial charge in [0.1, 0.15) is 30.7 Å². The number of benzene rings is 2. The smallest absolute Gasteiger partial charge is 0.200 e. The molecule has 2 aromatic rings. The third-order valence-electron chi connectivity index (χ3n) is 5.24. The standard InChI is InChI=1S/C21H20N2O2/c1-3-7-15(8-4-1)17-13-24-19(22-17)21(11-12-21)20-23-18(14-25-20)16-9-5-2-6-10-16/h1-10,17-18H,11-14H2/t17-,18-/m0/s1. The largest absolute Gasteiger partial charge is 0.478 e. The lowest BCUT2D eigenvalue weighted by Gasteiger charge is -2.13. The van der Waals surface area contributed by atoms with E-state index in [1.165, 1.54) is 11.1 Å². The molecule has 0 N–H and O–H groups in total. The van der Waals surface area contributed by atoms with Gasteiger partial charge in [-0.3, -0.25) is 0 Å². The van der Waals surface area contributed by atoms with Crippen molar-refractivity contribution in [2.45, 2.75) is 24.9 Å². The van der Waals surface area contributed by atoms with Crippen LogP contribution < -0.4 is 0 Å². The van der Waals surface area contributed by atoms with Gasteiger partial charge >= 0.3 is 0 Å². The summed E-state index contributed by atoms with van der Waals surface area (Å²) in [4.78, 5) is 9.74. The van der Waals surface area contributed by atoms with E-state index in [0.29, 0.717) is 13.2 Å². The van der Waals surface area contributed by atoms with Crippen molar-refractivity contribution >= 4 is 11.8 Å². The zero-order valence-electron chi connectivity index (χ0n) is 14.0. The number of hydrogen-bond acceptors (Lipinski definition) is 4. The number of nitrogens with zero attached hydrogens (tertiary/aromatic N) is 2. The lowest BCUT2D eigenvalue weighted by atomic mass is 10.1. The highest BCUT2D eigenvalue weighted by molar-refractivity contribution is 6.09. The van der Waals surface area contributed by atoms with Crippen molar-refractivity contribution in [2.24, 2.45) is 15.4 Å². The zero-order valence-corrected chi connectivity index (χ0v) is 14.0. The van der Waals surface area contributed by atoms with Crippen LogP contribution >= 0.6 is 0 Å². The fourth-order valence-electron chi connectivity index (χ4n) is 3.61. The first-order valence-corrected chi connectivity index (χ1v) is 8.87. The second-order valence-electron chi connectivity index (χ2n) is 6.93. The van der Waals surface area contributed by atoms with Crippen LogP contribution in [0.1, 0.15) is 36.1 Å². The summed E-state index contributed by atoms with van der Waals surface area (Å²) in [5.74, 6) is 1.63. The molecular formula is C21H20N2O2. The fraction of sp³-hybridized carbons (Fsp3) is 0.333. The molecule has 2 heterocycles. The van der Waals surface area contributed by atoms with Crippen molar-refractivity contribution in [2.75, 3.05) is 13.2 Å². The molecule has 1 saturated carbocycles. The minimum absolute atomic E-state index is 0.0839. The molecule has 0 unspecified atom stereocenters. The Hall–Kier alpha value is -2.62. The van der Waals surface area contributed by atoms with Crippen LogP contribution in [0, 0.1) is 5.41 Å². The van der Waals surface area contributed by atoms with E-state index in [-0.39, 0.29) is 17.5 Å². The molecule has 0 amide bonds. The average Bonchev–Trinajstić information content (AvgIpc) is 3.12. The molecule has 25 heavy (non-hydrogen) atoms. The van der Waals surface area contributed by atoms with Gasteiger partial charge in [0.05, 0.1) is 0 Å². The quantitative estimate of drug-likeness (QED) is 0.846. The second kappa shape index (κ2) is 5.73. The van der Waals surface area contributed by atoms with Crippen molar-refractivity contribution in [1.82, 2.24) is 0 Å². The Morgan fingerprint density at radius 3 is 1.52 bits per heavy atom. The fourth-order valence-corrected chi connectivity index (χ4v) is 3.61. The van der Waals surface area contributed by atoms with Gasteiger partial charge in [0, 0.05) is 0 Å². The van der Waals surface area contributed by atoms with E-state index in [4.69, 9.17) is 19.5 Å². The molecule has 2 aromatic carbocycles. The summed E-state index contributed by atoms with van der Waals surface area (Å²) in [7, 11) is 0. The van der Waals surface area contributed by atoms with Crippen molar-refractivity contribution in [3.05, 3.63) is 71.8 Å². The van der Waals surface area contributed by atoms with Crippen LogP contribution in [0.5, 0.6) is 0 Å². The van der Waals surface area contributed by atoms with E-state index in [9.17, 15) is 0 Å². The Labute approximate surface area is 147 Å². The Kier molecular flexibility index (Phi) is 3.37. The van der Waals surface area contributed by atoms with Gasteiger partial charge in [0.15, 0.2) is 11.8 Å². The van der Waals surface area contributed by atoms with Crippen molar-refractivity contribution in [3.63, 3.8) is 0 Å². The van der Waals surface area contributed by atoms with Crippen LogP contribution in [-0.4, -0.2) is 25.0 Å². The first-order chi connectivity index (χ1) is 12.4. The summed E-state index contributed by atoms with van der Waals surface area (Å²) in [6, 6.07) is 20.8. The zero-order chi connectivity index (χ0) is 16.7. The van der Waals surface area contributed by atoms with Crippen LogP contribution in [0.25, 0.3) is 0 Å². The van der Waals surface area contributed by atoms with E-state index < -0.39 is 0 Å². The van der Waals surface area contributed by atoms with Gasteiger partial charge in [-0.25, -0.2) is 9.98 Å². The third-order valence-corrected chi connectivity index (χ3v) is 5.24. The summed E-state index contributed by atoms with van der Waals surface area (Å²) >= 11 is 0. The van der Waals surface area contributed by atoms with Crippen molar-refractivity contribution < 1.29 is 9.47 Å². The molecule has 2 aliphatic heterocycles. The second-order valence-corrected chi connectivity index (χ2v) is 6.93.